The molecule has 10 nitrogen and oxygen atoms in total. The number of imide groups is 1. The molecule has 2 heterocycles. The van der Waals surface area contributed by atoms with E-state index < -0.39 is 41.3 Å². The summed E-state index contributed by atoms with van der Waals surface area (Å²) in [5, 5.41) is 15.9. The number of carbonyl (C=O) groups is 4. The summed E-state index contributed by atoms with van der Waals surface area (Å²) < 4.78 is 5.45. The Morgan fingerprint density at radius 1 is 1.25 bits per heavy atom. The molecule has 2 aliphatic rings. The molecule has 0 radical (unpaired) electrons. The van der Waals surface area contributed by atoms with Gasteiger partial charge in [0.15, 0.2) is 0 Å². The summed E-state index contributed by atoms with van der Waals surface area (Å²) in [5.41, 5.74) is 4.06. The van der Waals surface area contributed by atoms with Crippen LogP contribution in [0.25, 0.3) is 0 Å². The highest BCUT2D eigenvalue weighted by Crippen LogP contribution is 2.51. The molecule has 0 bridgehead atoms. The second-order valence-corrected chi connectivity index (χ2v) is 8.22. The molecule has 0 aromatic heterocycles. The minimum Gasteiger partial charge on any atom is -0.496 e. The molecule has 174 valence electrons. The lowest BCUT2D eigenvalue weighted by Gasteiger charge is -2.31. The van der Waals surface area contributed by atoms with E-state index in [4.69, 9.17) is 10.5 Å². The lowest BCUT2D eigenvalue weighted by atomic mass is 9.77. The molecule has 2 aliphatic heterocycles. The van der Waals surface area contributed by atoms with Crippen LogP contribution in [0.5, 0.6) is 5.75 Å². The van der Waals surface area contributed by atoms with Crippen LogP contribution in [0.2, 0.25) is 0 Å². The molecular formula is C22H30N4O6. The second-order valence-electron chi connectivity index (χ2n) is 8.22. The van der Waals surface area contributed by atoms with Gasteiger partial charge in [0.05, 0.1) is 18.9 Å². The maximum Gasteiger partial charge on any atom is 0.324 e. The van der Waals surface area contributed by atoms with Gasteiger partial charge in [-0.25, -0.2) is 4.79 Å². The number of nitrogens with zero attached hydrogens (tertiary/aromatic N) is 1. The number of aliphatic carboxylic acids is 1. The van der Waals surface area contributed by atoms with E-state index in [1.165, 1.54) is 12.0 Å². The van der Waals surface area contributed by atoms with Crippen LogP contribution < -0.4 is 21.1 Å². The minimum absolute atomic E-state index is 0.0378. The molecule has 2 fully saturated rings. The van der Waals surface area contributed by atoms with Crippen LogP contribution in [0.1, 0.15) is 44.2 Å². The van der Waals surface area contributed by atoms with Crippen molar-refractivity contribution < 1.29 is 29.0 Å². The largest absolute Gasteiger partial charge is 0.496 e. The third-order valence-electron chi connectivity index (χ3n) is 6.38. The Morgan fingerprint density at radius 3 is 2.59 bits per heavy atom. The summed E-state index contributed by atoms with van der Waals surface area (Å²) in [6.07, 6.45) is 1.74. The first-order valence-electron chi connectivity index (χ1n) is 10.8. The van der Waals surface area contributed by atoms with Gasteiger partial charge in [-0.1, -0.05) is 31.5 Å². The maximum atomic E-state index is 13.4. The number of rotatable bonds is 10. The van der Waals surface area contributed by atoms with Crippen LogP contribution in [0, 0.1) is 11.8 Å². The fourth-order valence-electron chi connectivity index (χ4n) is 4.90. The number of benzene rings is 1. The smallest absolute Gasteiger partial charge is 0.324 e. The van der Waals surface area contributed by atoms with E-state index in [0.717, 1.165) is 6.42 Å². The first-order chi connectivity index (χ1) is 15.3. The molecule has 5 N–H and O–H groups in total. The zero-order valence-electron chi connectivity index (χ0n) is 18.3. The Bertz CT molecular complexity index is 906. The summed E-state index contributed by atoms with van der Waals surface area (Å²) in [7, 11) is 1.50. The molecule has 2 saturated heterocycles. The van der Waals surface area contributed by atoms with Crippen LogP contribution in [-0.2, 0) is 14.4 Å². The van der Waals surface area contributed by atoms with Gasteiger partial charge in [0.2, 0.25) is 11.8 Å². The number of carboxylic acids is 1. The van der Waals surface area contributed by atoms with Crippen LogP contribution >= 0.6 is 0 Å². The van der Waals surface area contributed by atoms with E-state index in [2.05, 4.69) is 10.6 Å². The van der Waals surface area contributed by atoms with Crippen molar-refractivity contribution in [3.05, 3.63) is 29.8 Å². The number of nitrogens with one attached hydrogen (secondary N) is 2. The van der Waals surface area contributed by atoms with E-state index in [9.17, 15) is 24.3 Å². The van der Waals surface area contributed by atoms with Crippen molar-refractivity contribution in [2.45, 2.75) is 44.2 Å². The molecule has 0 aliphatic carbocycles. The van der Waals surface area contributed by atoms with E-state index in [1.807, 2.05) is 6.92 Å². The van der Waals surface area contributed by atoms with Gasteiger partial charge in [0, 0.05) is 24.7 Å². The Morgan fingerprint density at radius 2 is 1.97 bits per heavy atom. The van der Waals surface area contributed by atoms with Crippen molar-refractivity contribution in [3.8, 4) is 5.75 Å². The third-order valence-corrected chi connectivity index (χ3v) is 6.38. The van der Waals surface area contributed by atoms with Crippen molar-refractivity contribution in [1.82, 2.24) is 15.5 Å². The summed E-state index contributed by atoms with van der Waals surface area (Å²) in [5.74, 6) is -3.46. The van der Waals surface area contributed by atoms with Gasteiger partial charge in [-0.2, -0.15) is 0 Å². The first-order valence-corrected chi connectivity index (χ1v) is 10.8. The number of nitrogens with two attached hydrogens (primary N) is 1. The summed E-state index contributed by atoms with van der Waals surface area (Å²) in [6.45, 7) is 2.38. The Hall–Kier alpha value is -3.14. The van der Waals surface area contributed by atoms with Crippen molar-refractivity contribution >= 4 is 23.8 Å². The Kier molecular flexibility index (Phi) is 7.02. The third kappa shape index (κ3) is 4.02. The highest BCUT2D eigenvalue weighted by atomic mass is 16.5. The highest BCUT2D eigenvalue weighted by molar-refractivity contribution is 6.09. The summed E-state index contributed by atoms with van der Waals surface area (Å²) in [6, 6.07) is 5.65. The average molecular weight is 447 g/mol. The molecule has 3 rings (SSSR count). The predicted molar refractivity (Wildman–Crippen MR) is 115 cm³/mol. The summed E-state index contributed by atoms with van der Waals surface area (Å²) >= 11 is 0. The van der Waals surface area contributed by atoms with Gasteiger partial charge in [-0.3, -0.25) is 24.6 Å². The van der Waals surface area contributed by atoms with Crippen LogP contribution in [0.3, 0.4) is 0 Å². The minimum atomic E-state index is -1.66. The zero-order chi connectivity index (χ0) is 23.5. The molecule has 1 aromatic carbocycles. The number of unbranched alkanes of at least 4 members (excludes halogenated alkanes) is 1. The molecule has 32 heavy (non-hydrogen) atoms. The summed E-state index contributed by atoms with van der Waals surface area (Å²) in [4.78, 5) is 51.6. The monoisotopic (exact) mass is 446 g/mol. The van der Waals surface area contributed by atoms with Crippen LogP contribution in [0.15, 0.2) is 24.3 Å². The predicted octanol–water partition coefficient (Wildman–Crippen LogP) is 1.01. The van der Waals surface area contributed by atoms with E-state index in [1.54, 1.807) is 24.3 Å². The highest BCUT2D eigenvalue weighted by Gasteiger charge is 2.68. The lowest BCUT2D eigenvalue weighted by Crippen LogP contribution is -2.56. The fraction of sp³-hybridized carbons (Fsp3) is 0.545. The number of para-hydroxylation sites is 1. The van der Waals surface area contributed by atoms with E-state index in [0.29, 0.717) is 17.7 Å². The number of fused-ring (bicyclic) bond motifs is 1. The van der Waals surface area contributed by atoms with Gasteiger partial charge in [0.25, 0.3) is 0 Å². The number of hydrogen-bond donors (Lipinski definition) is 4. The second kappa shape index (κ2) is 9.56. The molecule has 4 unspecified atom stereocenters. The number of primary amides is 1. The topological polar surface area (TPSA) is 151 Å². The molecule has 4 atom stereocenters. The van der Waals surface area contributed by atoms with Gasteiger partial charge < -0.3 is 20.9 Å². The SMILES string of the molecule is CCCCN1C(=O)C2C(c3ccccc3OC)NC(CCCNC(N)=O)(C(=O)O)C2C1=O. The number of hydrogen-bond acceptors (Lipinski definition) is 6. The molecule has 4 amide bonds. The van der Waals surface area contributed by atoms with Gasteiger partial charge in [0.1, 0.15) is 11.3 Å². The molecule has 0 spiro atoms. The Balaban J connectivity index is 2.03. The lowest BCUT2D eigenvalue weighted by molar-refractivity contribution is -0.151. The average Bonchev–Trinajstić information content (AvgIpc) is 3.24. The van der Waals surface area contributed by atoms with Crippen LogP contribution in [-0.4, -0.2) is 59.6 Å². The molecule has 1 aromatic rings. The normalized spacial score (nSPS) is 26.8. The molecule has 10 heteroatoms. The van der Waals surface area contributed by atoms with Crippen molar-refractivity contribution in [2.24, 2.45) is 17.6 Å². The number of methoxy groups -OCH3 is 1. The van der Waals surface area contributed by atoms with Crippen molar-refractivity contribution in [3.63, 3.8) is 0 Å². The Labute approximate surface area is 186 Å². The fourth-order valence-corrected chi connectivity index (χ4v) is 4.90. The van der Waals surface area contributed by atoms with Crippen molar-refractivity contribution in [1.29, 1.82) is 0 Å². The number of likely N-dealkylation sites (tertiary alicyclic amines) is 1. The van der Waals surface area contributed by atoms with Crippen LogP contribution in [0.4, 0.5) is 4.79 Å². The number of ether oxygens (including phenoxy) is 1. The van der Waals surface area contributed by atoms with Crippen molar-refractivity contribution in [2.75, 3.05) is 20.2 Å². The molecular weight excluding hydrogens is 416 g/mol. The number of urea groups is 1. The van der Waals surface area contributed by atoms with Gasteiger partial charge in [-0.15, -0.1) is 0 Å². The number of carboxylic acid groups (broad SMARTS) is 1. The number of amides is 4. The standard InChI is InChI=1S/C22H30N4O6/c1-3-4-12-26-18(27)15-16(19(26)28)22(20(29)30,10-7-11-24-21(23)31)25-17(15)13-8-5-6-9-14(13)32-2/h5-6,8-9,15-17,25H,3-4,7,10-12H2,1-2H3,(H,29,30)(H3,23,24,31). The van der Waals surface area contributed by atoms with E-state index >= 15 is 0 Å². The quantitative estimate of drug-likeness (QED) is 0.309. The maximum absolute atomic E-state index is 13.4. The van der Waals surface area contributed by atoms with Gasteiger partial charge >= 0.3 is 12.0 Å². The number of carbonyl (C=O) groups excluding carboxylic acids is 3. The zero-order valence-corrected chi connectivity index (χ0v) is 18.3. The molecule has 0 saturated carbocycles. The van der Waals surface area contributed by atoms with Gasteiger partial charge in [-0.05, 0) is 25.3 Å². The van der Waals surface area contributed by atoms with E-state index in [-0.39, 0.29) is 31.8 Å². The first kappa shape index (κ1) is 23.5.